The first-order chi connectivity index (χ1) is 4.20. The van der Waals surface area contributed by atoms with Crippen molar-refractivity contribution in [2.24, 2.45) is 0 Å². The number of aryl methyl sites for hydroxylation is 2. The fourth-order valence-corrected chi connectivity index (χ4v) is 0.726. The Morgan fingerprint density at radius 3 is 2.00 bits per heavy atom. The van der Waals surface area contributed by atoms with Gasteiger partial charge in [-0.2, -0.15) is 0 Å². The molecule has 0 aliphatic rings. The van der Waals surface area contributed by atoms with E-state index in [0.717, 1.165) is 5.56 Å². The van der Waals surface area contributed by atoms with Gasteiger partial charge in [-0.3, -0.25) is 0 Å². The predicted octanol–water partition coefficient (Wildman–Crippen LogP) is 2.43. The second-order valence-corrected chi connectivity index (χ2v) is 2.27. The molecule has 0 amide bonds. The van der Waals surface area contributed by atoms with Crippen molar-refractivity contribution in [3.63, 3.8) is 0 Å². The van der Waals surface area contributed by atoms with Crippen molar-refractivity contribution >= 4 is 12.4 Å². The number of hydrogen-bond donors (Lipinski definition) is 1. The molecule has 0 aliphatic heterocycles. The molecule has 0 heterocycles. The van der Waals surface area contributed by atoms with E-state index in [9.17, 15) is 0 Å². The second-order valence-electron chi connectivity index (χ2n) is 2.27. The Bertz CT molecular complexity index is 225. The molecular weight excluding hydrogens is 239 g/mol. The summed E-state index contributed by atoms with van der Waals surface area (Å²) in [5, 5.41) is 8.94. The van der Waals surface area contributed by atoms with E-state index in [0.29, 0.717) is 5.75 Å². The zero-order valence-corrected chi connectivity index (χ0v) is 9.86. The fourth-order valence-electron chi connectivity index (χ4n) is 0.726. The Kier molecular flexibility index (Phi) is 7.25. The zero-order valence-electron chi connectivity index (χ0n) is 6.59. The average Bonchev–Trinajstić information content (AvgIpc) is 1.80. The molecule has 1 aromatic rings. The number of hydrogen-bond acceptors (Lipinski definition) is 1. The van der Waals surface area contributed by atoms with E-state index in [1.165, 1.54) is 5.56 Å². The molecule has 0 aromatic heterocycles. The van der Waals surface area contributed by atoms with Gasteiger partial charge in [-0.15, -0.1) is 12.4 Å². The Morgan fingerprint density at radius 1 is 1.09 bits per heavy atom. The molecule has 1 N–H and O–H groups in total. The molecule has 0 saturated carbocycles. The van der Waals surface area contributed by atoms with Crippen LogP contribution in [0.2, 0.25) is 0 Å². The maximum atomic E-state index is 8.94. The third kappa shape index (κ3) is 3.93. The Morgan fingerprint density at radius 2 is 1.64 bits per heavy atom. The first-order valence-electron chi connectivity index (χ1n) is 2.96. The molecule has 3 heteroatoms. The number of rotatable bonds is 0. The van der Waals surface area contributed by atoms with E-state index < -0.39 is 0 Å². The van der Waals surface area contributed by atoms with Crippen molar-refractivity contribution in [3.05, 3.63) is 29.3 Å². The minimum atomic E-state index is 0. The van der Waals surface area contributed by atoms with Gasteiger partial charge in [-0.25, -0.2) is 0 Å². The Hall–Kier alpha value is 0.193. The summed E-state index contributed by atoms with van der Waals surface area (Å²) >= 11 is 0. The Balaban J connectivity index is 0. The third-order valence-electron chi connectivity index (χ3n) is 1.49. The van der Waals surface area contributed by atoms with Crippen molar-refractivity contribution < 1.29 is 31.3 Å². The quantitative estimate of drug-likeness (QED) is 0.749. The zero-order chi connectivity index (χ0) is 6.85. The van der Waals surface area contributed by atoms with Crippen LogP contribution in [-0.2, 0) is 26.2 Å². The van der Waals surface area contributed by atoms with Gasteiger partial charge in [0.05, 0.1) is 0 Å². The molecule has 0 atom stereocenters. The van der Waals surface area contributed by atoms with Gasteiger partial charge < -0.3 is 5.11 Å². The van der Waals surface area contributed by atoms with Gasteiger partial charge in [0.15, 0.2) is 0 Å². The van der Waals surface area contributed by atoms with Crippen molar-refractivity contribution in [1.29, 1.82) is 0 Å². The number of aromatic hydroxyl groups is 1. The smallest absolute Gasteiger partial charge is 0.115 e. The third-order valence-corrected chi connectivity index (χ3v) is 1.49. The minimum absolute atomic E-state index is 0. The summed E-state index contributed by atoms with van der Waals surface area (Å²) in [4.78, 5) is 0. The van der Waals surface area contributed by atoms with E-state index >= 15 is 0 Å². The van der Waals surface area contributed by atoms with Gasteiger partial charge in [0.25, 0.3) is 0 Å². The van der Waals surface area contributed by atoms with Crippen LogP contribution in [0.1, 0.15) is 11.1 Å². The Labute approximate surface area is 92.4 Å². The first-order valence-corrected chi connectivity index (χ1v) is 2.96. The number of benzene rings is 1. The summed E-state index contributed by atoms with van der Waals surface area (Å²) in [6.45, 7) is 4.00. The van der Waals surface area contributed by atoms with Crippen LogP contribution in [0.5, 0.6) is 5.75 Å². The molecule has 0 spiro atoms. The maximum Gasteiger partial charge on any atom is 0.115 e. The summed E-state index contributed by atoms with van der Waals surface area (Å²) in [6, 6.07) is 5.36. The van der Waals surface area contributed by atoms with Crippen molar-refractivity contribution in [3.8, 4) is 5.75 Å². The number of phenols is 1. The van der Waals surface area contributed by atoms with Crippen LogP contribution in [0.15, 0.2) is 18.2 Å². The maximum absolute atomic E-state index is 8.94. The van der Waals surface area contributed by atoms with Crippen molar-refractivity contribution in [2.75, 3.05) is 0 Å². The van der Waals surface area contributed by atoms with Gasteiger partial charge in [-0.1, -0.05) is 6.07 Å². The van der Waals surface area contributed by atoms with Crippen LogP contribution in [0.3, 0.4) is 0 Å². The van der Waals surface area contributed by atoms with Crippen LogP contribution in [0, 0.1) is 13.8 Å². The average molecular weight is 250 g/mol. The van der Waals surface area contributed by atoms with Gasteiger partial charge in [0.1, 0.15) is 5.75 Å². The molecule has 0 bridgehead atoms. The molecule has 0 aliphatic carbocycles. The molecule has 1 rings (SSSR count). The van der Waals surface area contributed by atoms with Crippen LogP contribution in [-0.4, -0.2) is 5.11 Å². The molecule has 1 aromatic carbocycles. The van der Waals surface area contributed by atoms with E-state index in [2.05, 4.69) is 0 Å². The molecule has 1 nitrogen and oxygen atoms in total. The van der Waals surface area contributed by atoms with Crippen LogP contribution in [0.25, 0.3) is 0 Å². The van der Waals surface area contributed by atoms with Gasteiger partial charge in [0, 0.05) is 26.2 Å². The van der Waals surface area contributed by atoms with Crippen molar-refractivity contribution in [2.45, 2.75) is 13.8 Å². The van der Waals surface area contributed by atoms with E-state index in [1.54, 1.807) is 12.1 Å². The molecule has 0 fully saturated rings. The van der Waals surface area contributed by atoms with Gasteiger partial charge in [0.2, 0.25) is 0 Å². The van der Waals surface area contributed by atoms with E-state index in [4.69, 9.17) is 5.11 Å². The SMILES string of the molecule is Cc1ccc(O)cc1C.Cl.[Zr]. The summed E-state index contributed by atoms with van der Waals surface area (Å²) in [7, 11) is 0. The molecule has 60 valence electrons. The summed E-state index contributed by atoms with van der Waals surface area (Å²) in [6.07, 6.45) is 0. The van der Waals surface area contributed by atoms with Gasteiger partial charge >= 0.3 is 0 Å². The summed E-state index contributed by atoms with van der Waals surface area (Å²) in [5.41, 5.74) is 2.35. The standard InChI is InChI=1S/C8H10O.ClH.Zr/c1-6-3-4-8(9)5-7(6)2;;/h3-5,9H,1-2H3;1H;. The largest absolute Gasteiger partial charge is 0.508 e. The van der Waals surface area contributed by atoms with Gasteiger partial charge in [-0.05, 0) is 37.1 Å². The first kappa shape index (κ1) is 13.8. The number of halogens is 1. The van der Waals surface area contributed by atoms with Crippen LogP contribution >= 0.6 is 12.4 Å². The van der Waals surface area contributed by atoms with Crippen LogP contribution < -0.4 is 0 Å². The summed E-state index contributed by atoms with van der Waals surface area (Å²) < 4.78 is 0. The molecule has 0 radical (unpaired) electrons. The van der Waals surface area contributed by atoms with E-state index in [-0.39, 0.29) is 38.6 Å². The molecule has 11 heavy (non-hydrogen) atoms. The fraction of sp³-hybridized carbons (Fsp3) is 0.250. The molecule has 0 saturated heterocycles. The molecular formula is C8H11ClOZr. The summed E-state index contributed by atoms with van der Waals surface area (Å²) in [5.74, 6) is 0.345. The second kappa shape index (κ2) is 5.79. The van der Waals surface area contributed by atoms with Crippen molar-refractivity contribution in [1.82, 2.24) is 0 Å². The monoisotopic (exact) mass is 248 g/mol. The normalized spacial score (nSPS) is 7.82. The number of phenolic OH excluding ortho intramolecular Hbond substituents is 1. The topological polar surface area (TPSA) is 20.2 Å². The predicted molar refractivity (Wildman–Crippen MR) is 44.8 cm³/mol. The molecule has 0 unspecified atom stereocenters. The minimum Gasteiger partial charge on any atom is -0.508 e. The van der Waals surface area contributed by atoms with Crippen LogP contribution in [0.4, 0.5) is 0 Å². The van der Waals surface area contributed by atoms with E-state index in [1.807, 2.05) is 19.9 Å².